The number of carbonyl (C=O) groups is 2. The number of aromatic nitrogens is 3. The molecule has 0 bridgehead atoms. The van der Waals surface area contributed by atoms with Crippen LogP contribution in [0.3, 0.4) is 0 Å². The zero-order valence-electron chi connectivity index (χ0n) is 25.0. The van der Waals surface area contributed by atoms with Crippen LogP contribution in [0.25, 0.3) is 10.9 Å². The number of anilines is 2. The number of nitrogens with zero attached hydrogens (tertiary/aromatic N) is 4. The molecule has 1 aromatic carbocycles. The SMILES string of the molecule is CC(C)(C)[Si](C)(C)OCCn1c(=O)ccc2ccc(F)c(CCNC[C@H]3CN(c4cnc5c(n4)NC(=O)CO5)C(=O)O3)c21. The van der Waals surface area contributed by atoms with Crippen LogP contribution in [0.5, 0.6) is 5.88 Å². The van der Waals surface area contributed by atoms with Gasteiger partial charge in [-0.05, 0) is 54.7 Å². The molecule has 1 saturated heterocycles. The summed E-state index contributed by atoms with van der Waals surface area (Å²) in [4.78, 5) is 46.8. The first kappa shape index (κ1) is 30.6. The quantitative estimate of drug-likeness (QED) is 0.261. The zero-order chi connectivity index (χ0) is 30.9. The lowest BCUT2D eigenvalue weighted by molar-refractivity contribution is -0.118. The van der Waals surface area contributed by atoms with E-state index in [0.29, 0.717) is 43.7 Å². The molecule has 230 valence electrons. The summed E-state index contributed by atoms with van der Waals surface area (Å²) in [6.07, 6.45) is 0.622. The Morgan fingerprint density at radius 3 is 2.72 bits per heavy atom. The molecule has 1 fully saturated rings. The van der Waals surface area contributed by atoms with Crippen molar-refractivity contribution in [2.24, 2.45) is 0 Å². The Morgan fingerprint density at radius 1 is 1.19 bits per heavy atom. The van der Waals surface area contributed by atoms with Crippen LogP contribution in [0.2, 0.25) is 18.1 Å². The maximum Gasteiger partial charge on any atom is 0.416 e. The summed E-state index contributed by atoms with van der Waals surface area (Å²) >= 11 is 0. The minimum atomic E-state index is -2.02. The van der Waals surface area contributed by atoms with E-state index in [1.165, 1.54) is 23.2 Å². The van der Waals surface area contributed by atoms with Crippen LogP contribution in [0.15, 0.2) is 35.3 Å². The molecule has 2 aliphatic rings. The molecular weight excluding hydrogens is 575 g/mol. The number of benzene rings is 1. The molecule has 0 aliphatic carbocycles. The molecule has 0 spiro atoms. The van der Waals surface area contributed by atoms with Gasteiger partial charge >= 0.3 is 6.09 Å². The molecule has 0 unspecified atom stereocenters. The number of amides is 2. The highest BCUT2D eigenvalue weighted by Crippen LogP contribution is 2.36. The number of pyridine rings is 1. The Labute approximate surface area is 249 Å². The Balaban J connectivity index is 1.22. The third kappa shape index (κ3) is 6.55. The number of cyclic esters (lactones) is 1. The number of rotatable bonds is 10. The number of hydrogen-bond acceptors (Lipinski definition) is 9. The topological polar surface area (TPSA) is 137 Å². The lowest BCUT2D eigenvalue weighted by Crippen LogP contribution is -2.41. The smallest absolute Gasteiger partial charge is 0.416 e. The van der Waals surface area contributed by atoms with Gasteiger partial charge in [0.2, 0.25) is 0 Å². The van der Waals surface area contributed by atoms with Crippen molar-refractivity contribution in [3.05, 3.63) is 52.2 Å². The van der Waals surface area contributed by atoms with Crippen molar-refractivity contribution in [3.8, 4) is 5.88 Å². The van der Waals surface area contributed by atoms with E-state index >= 15 is 4.39 Å². The third-order valence-electron chi connectivity index (χ3n) is 8.18. The highest BCUT2D eigenvalue weighted by Gasteiger charge is 2.37. The number of fused-ring (bicyclic) bond motifs is 2. The van der Waals surface area contributed by atoms with Crippen LogP contribution in [0.4, 0.5) is 20.8 Å². The fraction of sp³-hybridized carbons (Fsp3) is 0.483. The normalized spacial score (nSPS) is 17.1. The fourth-order valence-electron chi connectivity index (χ4n) is 4.79. The molecule has 3 aromatic rings. The molecule has 0 saturated carbocycles. The molecule has 14 heteroatoms. The van der Waals surface area contributed by atoms with Gasteiger partial charge in [-0.3, -0.25) is 14.5 Å². The van der Waals surface area contributed by atoms with Crippen LogP contribution in [-0.2, 0) is 26.9 Å². The first-order chi connectivity index (χ1) is 20.3. The maximum atomic E-state index is 15.2. The summed E-state index contributed by atoms with van der Waals surface area (Å²) in [5.74, 6) is -0.192. The first-order valence-electron chi connectivity index (χ1n) is 14.3. The van der Waals surface area contributed by atoms with Crippen molar-refractivity contribution in [2.75, 3.05) is 43.1 Å². The van der Waals surface area contributed by atoms with Crippen LogP contribution in [0.1, 0.15) is 26.3 Å². The molecule has 4 heterocycles. The minimum Gasteiger partial charge on any atom is -0.465 e. The molecule has 2 amide bonds. The van der Waals surface area contributed by atoms with Gasteiger partial charge < -0.3 is 29.1 Å². The molecular formula is C29H37FN6O6Si. The van der Waals surface area contributed by atoms with Gasteiger partial charge in [-0.1, -0.05) is 20.8 Å². The summed E-state index contributed by atoms with van der Waals surface area (Å²) in [5.41, 5.74) is 0.794. The average Bonchev–Trinajstić information content (AvgIpc) is 3.32. The van der Waals surface area contributed by atoms with Gasteiger partial charge in [-0.25, -0.2) is 19.2 Å². The highest BCUT2D eigenvalue weighted by molar-refractivity contribution is 6.74. The van der Waals surface area contributed by atoms with Gasteiger partial charge in [-0.2, -0.15) is 0 Å². The third-order valence-corrected chi connectivity index (χ3v) is 12.7. The van der Waals surface area contributed by atoms with Crippen molar-refractivity contribution < 1.29 is 27.9 Å². The van der Waals surface area contributed by atoms with Gasteiger partial charge in [0, 0.05) is 24.7 Å². The molecule has 2 aliphatic heterocycles. The monoisotopic (exact) mass is 612 g/mol. The second-order valence-electron chi connectivity index (χ2n) is 12.2. The largest absolute Gasteiger partial charge is 0.465 e. The summed E-state index contributed by atoms with van der Waals surface area (Å²) in [6, 6.07) is 6.32. The number of halogens is 1. The molecule has 2 aromatic heterocycles. The first-order valence-corrected chi connectivity index (χ1v) is 17.2. The number of hydrogen-bond donors (Lipinski definition) is 2. The summed E-state index contributed by atoms with van der Waals surface area (Å²) in [7, 11) is -2.02. The predicted octanol–water partition coefficient (Wildman–Crippen LogP) is 3.44. The van der Waals surface area contributed by atoms with Crippen molar-refractivity contribution in [1.29, 1.82) is 0 Å². The van der Waals surface area contributed by atoms with E-state index < -0.39 is 20.5 Å². The average molecular weight is 613 g/mol. The van der Waals surface area contributed by atoms with E-state index in [1.54, 1.807) is 16.7 Å². The summed E-state index contributed by atoms with van der Waals surface area (Å²) < 4.78 is 33.8. The van der Waals surface area contributed by atoms with Gasteiger partial charge in [0.1, 0.15) is 11.9 Å². The number of carbonyl (C=O) groups excluding carboxylic acids is 2. The minimum absolute atomic E-state index is 0.0326. The van der Waals surface area contributed by atoms with Crippen LogP contribution < -0.4 is 25.8 Å². The van der Waals surface area contributed by atoms with Crippen LogP contribution >= 0.6 is 0 Å². The predicted molar refractivity (Wildman–Crippen MR) is 162 cm³/mol. The molecule has 1 atom stereocenters. The van der Waals surface area contributed by atoms with Gasteiger partial charge in [0.15, 0.2) is 26.6 Å². The van der Waals surface area contributed by atoms with Gasteiger partial charge in [-0.15, -0.1) is 0 Å². The summed E-state index contributed by atoms with van der Waals surface area (Å²) in [5, 5.41) is 6.62. The lowest BCUT2D eigenvalue weighted by atomic mass is 10.1. The fourth-order valence-corrected chi connectivity index (χ4v) is 5.83. The zero-order valence-corrected chi connectivity index (χ0v) is 26.0. The molecule has 2 N–H and O–H groups in total. The Kier molecular flexibility index (Phi) is 8.54. The van der Waals surface area contributed by atoms with E-state index in [0.717, 1.165) is 5.39 Å². The van der Waals surface area contributed by atoms with E-state index in [1.807, 2.05) is 0 Å². The molecule has 43 heavy (non-hydrogen) atoms. The molecule has 12 nitrogen and oxygen atoms in total. The Bertz CT molecular complexity index is 1610. The van der Waals surface area contributed by atoms with E-state index in [2.05, 4.69) is 54.5 Å². The highest BCUT2D eigenvalue weighted by atomic mass is 28.4. The Morgan fingerprint density at radius 2 is 1.95 bits per heavy atom. The van der Waals surface area contributed by atoms with Crippen molar-refractivity contribution in [3.63, 3.8) is 0 Å². The van der Waals surface area contributed by atoms with E-state index in [-0.39, 0.29) is 53.0 Å². The number of nitrogens with one attached hydrogen (secondary N) is 2. The van der Waals surface area contributed by atoms with E-state index in [9.17, 15) is 14.4 Å². The standard InChI is InChI=1S/C29H37FN6O6Si/c1-29(2,3)43(4,5)41-13-12-35-24(38)9-7-18-6-8-21(30)20(25(18)35)10-11-31-14-19-16-36(28(39)42-19)22-15-32-27-26(33-22)34-23(37)17-40-27/h6-9,15,19,31H,10-14,16-17H2,1-5H3,(H,33,34,37)/t19-/m0/s1. The van der Waals surface area contributed by atoms with Crippen LogP contribution in [0, 0.1) is 5.82 Å². The van der Waals surface area contributed by atoms with Crippen LogP contribution in [-0.4, -0.2) is 73.8 Å². The second-order valence-corrected chi connectivity index (χ2v) is 17.0. The van der Waals surface area contributed by atoms with Crippen molar-refractivity contribution in [2.45, 2.75) is 58.0 Å². The van der Waals surface area contributed by atoms with Crippen molar-refractivity contribution in [1.82, 2.24) is 19.9 Å². The second kappa shape index (κ2) is 12.0. The van der Waals surface area contributed by atoms with E-state index in [4.69, 9.17) is 13.9 Å². The molecule has 0 radical (unpaired) electrons. The molecule has 5 rings (SSSR count). The lowest BCUT2D eigenvalue weighted by Gasteiger charge is -2.36. The van der Waals surface area contributed by atoms with Gasteiger partial charge in [0.05, 0.1) is 24.9 Å². The number of ether oxygens (including phenoxy) is 2. The maximum absolute atomic E-state index is 15.2. The Hall–Kier alpha value is -3.88. The van der Waals surface area contributed by atoms with Crippen molar-refractivity contribution >= 4 is 42.9 Å². The summed E-state index contributed by atoms with van der Waals surface area (Å²) in [6.45, 7) is 12.2. The van der Waals surface area contributed by atoms with Gasteiger partial charge in [0.25, 0.3) is 17.3 Å².